The van der Waals surface area contributed by atoms with E-state index in [1.165, 1.54) is 12.5 Å². The van der Waals surface area contributed by atoms with Gasteiger partial charge < -0.3 is 5.73 Å². The van der Waals surface area contributed by atoms with Crippen LogP contribution in [0.25, 0.3) is 0 Å². The van der Waals surface area contributed by atoms with Gasteiger partial charge in [0.05, 0.1) is 0 Å². The van der Waals surface area contributed by atoms with E-state index >= 15 is 0 Å². The van der Waals surface area contributed by atoms with Crippen LogP contribution in [0.3, 0.4) is 0 Å². The maximum absolute atomic E-state index is 13.9. The van der Waals surface area contributed by atoms with Crippen LogP contribution in [0.5, 0.6) is 0 Å². The standard InChI is InChI=1S/C14H20BrFN2/c1-10(13-7-12(15)4-5-14(13)16)18-6-2-3-11(8-17)9-18/h4-5,7,10-11H,2-3,6,8-9,17H2,1H3. The van der Waals surface area contributed by atoms with Crippen LogP contribution < -0.4 is 5.73 Å². The largest absolute Gasteiger partial charge is 0.330 e. The summed E-state index contributed by atoms with van der Waals surface area (Å²) in [5.74, 6) is 0.428. The average molecular weight is 315 g/mol. The van der Waals surface area contributed by atoms with Crippen LogP contribution in [-0.2, 0) is 0 Å². The molecule has 0 saturated carbocycles. The number of halogens is 2. The SMILES string of the molecule is CC(c1cc(Br)ccc1F)N1CCCC(CN)C1. The number of nitrogens with zero attached hydrogens (tertiary/aromatic N) is 1. The molecule has 1 aromatic rings. The summed E-state index contributed by atoms with van der Waals surface area (Å²) in [4.78, 5) is 2.34. The molecule has 1 heterocycles. The third kappa shape index (κ3) is 3.11. The quantitative estimate of drug-likeness (QED) is 0.927. The zero-order valence-corrected chi connectivity index (χ0v) is 12.3. The second kappa shape index (κ2) is 6.13. The van der Waals surface area contributed by atoms with Crippen molar-refractivity contribution in [2.75, 3.05) is 19.6 Å². The number of hydrogen-bond donors (Lipinski definition) is 1. The molecule has 2 N–H and O–H groups in total. The van der Waals surface area contributed by atoms with Crippen molar-refractivity contribution in [2.24, 2.45) is 11.7 Å². The molecule has 0 aromatic heterocycles. The van der Waals surface area contributed by atoms with Crippen LogP contribution in [0.15, 0.2) is 22.7 Å². The van der Waals surface area contributed by atoms with Crippen LogP contribution in [-0.4, -0.2) is 24.5 Å². The van der Waals surface area contributed by atoms with Crippen molar-refractivity contribution in [1.82, 2.24) is 4.90 Å². The van der Waals surface area contributed by atoms with E-state index in [0.29, 0.717) is 5.92 Å². The molecule has 0 amide bonds. The molecular formula is C14H20BrFN2. The third-order valence-corrected chi connectivity index (χ3v) is 4.33. The first-order valence-electron chi connectivity index (χ1n) is 6.51. The third-order valence-electron chi connectivity index (χ3n) is 3.84. The molecule has 1 aliphatic rings. The topological polar surface area (TPSA) is 29.3 Å². The average Bonchev–Trinajstić information content (AvgIpc) is 2.41. The fourth-order valence-corrected chi connectivity index (χ4v) is 3.05. The van der Waals surface area contributed by atoms with Gasteiger partial charge in [-0.25, -0.2) is 4.39 Å². The maximum Gasteiger partial charge on any atom is 0.128 e. The van der Waals surface area contributed by atoms with E-state index in [0.717, 1.165) is 36.1 Å². The van der Waals surface area contributed by atoms with Crippen molar-refractivity contribution in [3.05, 3.63) is 34.1 Å². The first-order valence-corrected chi connectivity index (χ1v) is 7.30. The molecule has 0 spiro atoms. The highest BCUT2D eigenvalue weighted by molar-refractivity contribution is 9.10. The van der Waals surface area contributed by atoms with E-state index in [4.69, 9.17) is 5.73 Å². The molecule has 2 atom stereocenters. The van der Waals surface area contributed by atoms with Crippen molar-refractivity contribution in [3.63, 3.8) is 0 Å². The van der Waals surface area contributed by atoms with Gasteiger partial charge in [-0.1, -0.05) is 15.9 Å². The number of rotatable bonds is 3. The van der Waals surface area contributed by atoms with Gasteiger partial charge >= 0.3 is 0 Å². The predicted octanol–water partition coefficient (Wildman–Crippen LogP) is 3.32. The summed E-state index contributed by atoms with van der Waals surface area (Å²) in [5.41, 5.74) is 6.52. The van der Waals surface area contributed by atoms with E-state index in [1.54, 1.807) is 6.07 Å². The first kappa shape index (κ1) is 14.0. The van der Waals surface area contributed by atoms with Gasteiger partial charge in [-0.15, -0.1) is 0 Å². The lowest BCUT2D eigenvalue weighted by atomic mass is 9.95. The molecule has 4 heteroatoms. The molecule has 0 aliphatic carbocycles. The van der Waals surface area contributed by atoms with Crippen molar-refractivity contribution in [3.8, 4) is 0 Å². The van der Waals surface area contributed by atoms with Gasteiger partial charge in [0, 0.05) is 22.6 Å². The Labute approximate surface area is 116 Å². The fraction of sp³-hybridized carbons (Fsp3) is 0.571. The Kier molecular flexibility index (Phi) is 4.76. The molecule has 1 saturated heterocycles. The van der Waals surface area contributed by atoms with Crippen molar-refractivity contribution >= 4 is 15.9 Å². The van der Waals surface area contributed by atoms with Gasteiger partial charge in [0.15, 0.2) is 0 Å². The lowest BCUT2D eigenvalue weighted by Crippen LogP contribution is -2.40. The van der Waals surface area contributed by atoms with E-state index < -0.39 is 0 Å². The summed E-state index contributed by atoms with van der Waals surface area (Å²) >= 11 is 3.41. The number of hydrogen-bond acceptors (Lipinski definition) is 2. The molecule has 0 bridgehead atoms. The van der Waals surface area contributed by atoms with Crippen LogP contribution in [0.4, 0.5) is 4.39 Å². The second-order valence-corrected chi connectivity index (χ2v) is 6.00. The molecule has 2 nitrogen and oxygen atoms in total. The molecule has 18 heavy (non-hydrogen) atoms. The van der Waals surface area contributed by atoms with Gasteiger partial charge in [0.1, 0.15) is 5.82 Å². The van der Waals surface area contributed by atoms with Gasteiger partial charge in [-0.05, 0) is 57.0 Å². The maximum atomic E-state index is 13.9. The van der Waals surface area contributed by atoms with Gasteiger partial charge in [0.25, 0.3) is 0 Å². The lowest BCUT2D eigenvalue weighted by molar-refractivity contribution is 0.132. The lowest BCUT2D eigenvalue weighted by Gasteiger charge is -2.36. The van der Waals surface area contributed by atoms with E-state index in [1.807, 2.05) is 6.07 Å². The van der Waals surface area contributed by atoms with Gasteiger partial charge in [-0.3, -0.25) is 4.90 Å². The van der Waals surface area contributed by atoms with Crippen molar-refractivity contribution in [1.29, 1.82) is 0 Å². The summed E-state index contributed by atoms with van der Waals surface area (Å²) < 4.78 is 14.8. The molecular weight excluding hydrogens is 295 g/mol. The molecule has 1 aromatic carbocycles. The van der Waals surface area contributed by atoms with Gasteiger partial charge in [-0.2, -0.15) is 0 Å². The first-order chi connectivity index (χ1) is 8.61. The number of nitrogens with two attached hydrogens (primary N) is 1. The van der Waals surface area contributed by atoms with E-state index in [9.17, 15) is 4.39 Å². The minimum absolute atomic E-state index is 0.108. The zero-order chi connectivity index (χ0) is 13.1. The highest BCUT2D eigenvalue weighted by Gasteiger charge is 2.25. The number of piperidine rings is 1. The van der Waals surface area contributed by atoms with Crippen LogP contribution in [0.1, 0.15) is 31.4 Å². The molecule has 1 fully saturated rings. The van der Waals surface area contributed by atoms with Crippen LogP contribution >= 0.6 is 15.9 Å². The Morgan fingerprint density at radius 2 is 2.33 bits per heavy atom. The summed E-state index contributed by atoms with van der Waals surface area (Å²) in [5, 5.41) is 0. The highest BCUT2D eigenvalue weighted by atomic mass is 79.9. The van der Waals surface area contributed by atoms with E-state index in [-0.39, 0.29) is 11.9 Å². The Morgan fingerprint density at radius 3 is 3.06 bits per heavy atom. The molecule has 1 aliphatic heterocycles. The Hall–Kier alpha value is -0.450. The minimum atomic E-state index is -0.124. The summed E-state index contributed by atoms with van der Waals surface area (Å²) in [6.07, 6.45) is 2.35. The highest BCUT2D eigenvalue weighted by Crippen LogP contribution is 2.29. The number of likely N-dealkylation sites (tertiary alicyclic amines) is 1. The summed E-state index contributed by atoms with van der Waals surface area (Å²) in [6.45, 7) is 4.81. The van der Waals surface area contributed by atoms with E-state index in [2.05, 4.69) is 27.8 Å². The van der Waals surface area contributed by atoms with Crippen molar-refractivity contribution in [2.45, 2.75) is 25.8 Å². The molecule has 2 rings (SSSR count). The van der Waals surface area contributed by atoms with Crippen LogP contribution in [0.2, 0.25) is 0 Å². The molecule has 0 radical (unpaired) electrons. The van der Waals surface area contributed by atoms with Crippen molar-refractivity contribution < 1.29 is 4.39 Å². The fourth-order valence-electron chi connectivity index (χ4n) is 2.67. The summed E-state index contributed by atoms with van der Waals surface area (Å²) in [6, 6.07) is 5.26. The summed E-state index contributed by atoms with van der Waals surface area (Å²) in [7, 11) is 0. The smallest absolute Gasteiger partial charge is 0.128 e. The Morgan fingerprint density at radius 1 is 1.56 bits per heavy atom. The minimum Gasteiger partial charge on any atom is -0.330 e. The van der Waals surface area contributed by atoms with Crippen LogP contribution in [0, 0.1) is 11.7 Å². The monoisotopic (exact) mass is 314 g/mol. The molecule has 100 valence electrons. The number of benzene rings is 1. The molecule has 2 unspecified atom stereocenters. The van der Waals surface area contributed by atoms with Gasteiger partial charge in [0.2, 0.25) is 0 Å². The second-order valence-electron chi connectivity index (χ2n) is 5.08. The Balaban J connectivity index is 2.14. The predicted molar refractivity (Wildman–Crippen MR) is 75.9 cm³/mol. The zero-order valence-electron chi connectivity index (χ0n) is 10.7. The normalized spacial score (nSPS) is 23.0. The Bertz CT molecular complexity index is 411.